The lowest BCUT2D eigenvalue weighted by molar-refractivity contribution is 0.0268. The van der Waals surface area contributed by atoms with Crippen molar-refractivity contribution < 1.29 is 19.4 Å². The zero-order valence-electron chi connectivity index (χ0n) is 7.20. The highest BCUT2D eigenvalue weighted by molar-refractivity contribution is 5.85. The van der Waals surface area contributed by atoms with Crippen molar-refractivity contribution in [3.8, 4) is 0 Å². The molecular weight excluding hydrogens is 164 g/mol. The first-order chi connectivity index (χ1) is 5.24. The first kappa shape index (κ1) is 10.7. The third kappa shape index (κ3) is 3.77. The van der Waals surface area contributed by atoms with Gasteiger partial charge in [-0.3, -0.25) is 0 Å². The SMILES string of the molecule is CC(C)(C)OC(=O)N(N)C(=O)O. The Morgan fingerprint density at radius 2 is 1.83 bits per heavy atom. The number of nitrogens with zero attached hydrogens (tertiary/aromatic N) is 1. The first-order valence-corrected chi connectivity index (χ1v) is 3.25. The summed E-state index contributed by atoms with van der Waals surface area (Å²) in [4.78, 5) is 20.9. The van der Waals surface area contributed by atoms with Gasteiger partial charge in [0, 0.05) is 0 Å². The van der Waals surface area contributed by atoms with Crippen molar-refractivity contribution in [2.45, 2.75) is 26.4 Å². The topological polar surface area (TPSA) is 92.9 Å². The van der Waals surface area contributed by atoms with Crippen LogP contribution in [0.3, 0.4) is 0 Å². The number of hydrogen-bond acceptors (Lipinski definition) is 4. The molecule has 70 valence electrons. The Hall–Kier alpha value is -1.30. The van der Waals surface area contributed by atoms with Crippen molar-refractivity contribution >= 4 is 12.2 Å². The normalized spacial score (nSPS) is 10.7. The maximum Gasteiger partial charge on any atom is 0.434 e. The summed E-state index contributed by atoms with van der Waals surface area (Å²) in [6, 6.07) is 0. The lowest BCUT2D eigenvalue weighted by Crippen LogP contribution is -2.44. The molecule has 0 aromatic heterocycles. The molecule has 3 N–H and O–H groups in total. The summed E-state index contributed by atoms with van der Waals surface area (Å²) in [7, 11) is 0. The minimum absolute atomic E-state index is 0.00868. The Kier molecular flexibility index (Phi) is 3.03. The summed E-state index contributed by atoms with van der Waals surface area (Å²) in [5.74, 6) is 4.83. The van der Waals surface area contributed by atoms with Gasteiger partial charge < -0.3 is 9.84 Å². The van der Waals surface area contributed by atoms with Crippen molar-refractivity contribution in [2.24, 2.45) is 5.84 Å². The summed E-state index contributed by atoms with van der Waals surface area (Å²) in [5.41, 5.74) is -0.746. The fraction of sp³-hybridized carbons (Fsp3) is 0.667. The molecule has 0 unspecified atom stereocenters. The molecule has 0 aromatic rings. The molecule has 0 radical (unpaired) electrons. The minimum atomic E-state index is -1.55. The highest BCUT2D eigenvalue weighted by Gasteiger charge is 2.23. The number of rotatable bonds is 0. The molecule has 0 heterocycles. The second kappa shape index (κ2) is 3.40. The van der Waals surface area contributed by atoms with Crippen molar-refractivity contribution in [2.75, 3.05) is 0 Å². The standard InChI is InChI=1S/C6H12N2O4/c1-6(2,3)12-5(11)8(7)4(9)10/h7H2,1-3H3,(H,9,10). The van der Waals surface area contributed by atoms with E-state index in [4.69, 9.17) is 10.9 Å². The molecule has 0 saturated carbocycles. The molecular formula is C6H12N2O4. The van der Waals surface area contributed by atoms with Crippen LogP contribution in [-0.4, -0.2) is 27.9 Å². The van der Waals surface area contributed by atoms with E-state index in [1.165, 1.54) is 0 Å². The number of carbonyl (C=O) groups excluding carboxylic acids is 1. The van der Waals surface area contributed by atoms with Crippen LogP contribution in [0, 0.1) is 0 Å². The molecule has 6 nitrogen and oxygen atoms in total. The second-order valence-electron chi connectivity index (χ2n) is 3.13. The summed E-state index contributed by atoms with van der Waals surface area (Å²) >= 11 is 0. The number of amides is 2. The molecule has 0 bridgehead atoms. The van der Waals surface area contributed by atoms with E-state index in [1.807, 2.05) is 0 Å². The van der Waals surface area contributed by atoms with Gasteiger partial charge in [0.05, 0.1) is 0 Å². The molecule has 0 rings (SSSR count). The van der Waals surface area contributed by atoms with E-state index in [2.05, 4.69) is 4.74 Å². The summed E-state index contributed by atoms with van der Waals surface area (Å²) < 4.78 is 4.64. The molecule has 0 atom stereocenters. The largest absolute Gasteiger partial charge is 0.464 e. The third-order valence-corrected chi connectivity index (χ3v) is 0.796. The quantitative estimate of drug-likeness (QED) is 0.323. The van der Waals surface area contributed by atoms with Crippen molar-refractivity contribution in [1.29, 1.82) is 0 Å². The van der Waals surface area contributed by atoms with Crippen LogP contribution in [0.5, 0.6) is 0 Å². The molecule has 0 fully saturated rings. The van der Waals surface area contributed by atoms with E-state index >= 15 is 0 Å². The zero-order chi connectivity index (χ0) is 9.94. The van der Waals surface area contributed by atoms with Gasteiger partial charge in [-0.1, -0.05) is 0 Å². The Bertz CT molecular complexity index is 196. The Morgan fingerprint density at radius 3 is 2.08 bits per heavy atom. The van der Waals surface area contributed by atoms with E-state index in [-0.39, 0.29) is 5.01 Å². The van der Waals surface area contributed by atoms with E-state index in [9.17, 15) is 9.59 Å². The molecule has 2 amide bonds. The minimum Gasteiger partial charge on any atom is -0.464 e. The monoisotopic (exact) mass is 176 g/mol. The van der Waals surface area contributed by atoms with Gasteiger partial charge in [-0.2, -0.15) is 0 Å². The van der Waals surface area contributed by atoms with Crippen molar-refractivity contribution in [1.82, 2.24) is 5.01 Å². The molecule has 0 aliphatic rings. The van der Waals surface area contributed by atoms with E-state index in [0.717, 1.165) is 0 Å². The van der Waals surface area contributed by atoms with Gasteiger partial charge in [0.1, 0.15) is 5.60 Å². The summed E-state index contributed by atoms with van der Waals surface area (Å²) in [6.45, 7) is 4.84. The van der Waals surface area contributed by atoms with Gasteiger partial charge in [-0.25, -0.2) is 15.4 Å². The number of hydrogen-bond donors (Lipinski definition) is 2. The van der Waals surface area contributed by atoms with Crippen LogP contribution < -0.4 is 5.84 Å². The number of carbonyl (C=O) groups is 2. The fourth-order valence-corrected chi connectivity index (χ4v) is 0.389. The molecule has 0 saturated heterocycles. The lowest BCUT2D eigenvalue weighted by Gasteiger charge is -2.21. The van der Waals surface area contributed by atoms with E-state index < -0.39 is 17.8 Å². The van der Waals surface area contributed by atoms with Crippen molar-refractivity contribution in [3.63, 3.8) is 0 Å². The van der Waals surface area contributed by atoms with Crippen LogP contribution >= 0.6 is 0 Å². The van der Waals surface area contributed by atoms with Gasteiger partial charge >= 0.3 is 12.2 Å². The number of carboxylic acid groups (broad SMARTS) is 1. The number of hydrazine groups is 1. The zero-order valence-corrected chi connectivity index (χ0v) is 7.20. The number of nitrogens with two attached hydrogens (primary N) is 1. The molecule has 0 spiro atoms. The average molecular weight is 176 g/mol. The predicted molar refractivity (Wildman–Crippen MR) is 40.3 cm³/mol. The van der Waals surface area contributed by atoms with Crippen molar-refractivity contribution in [3.05, 3.63) is 0 Å². The van der Waals surface area contributed by atoms with Gasteiger partial charge in [0.25, 0.3) is 0 Å². The highest BCUT2D eigenvalue weighted by atomic mass is 16.6. The van der Waals surface area contributed by atoms with E-state index in [0.29, 0.717) is 0 Å². The summed E-state index contributed by atoms with van der Waals surface area (Å²) in [6.07, 6.45) is -2.64. The third-order valence-electron chi connectivity index (χ3n) is 0.796. The van der Waals surface area contributed by atoms with Crippen LogP contribution in [0.15, 0.2) is 0 Å². The predicted octanol–water partition coefficient (Wildman–Crippen LogP) is 0.775. The average Bonchev–Trinajstić information content (AvgIpc) is 1.82. The maximum absolute atomic E-state index is 10.8. The molecule has 12 heavy (non-hydrogen) atoms. The smallest absolute Gasteiger partial charge is 0.434 e. The van der Waals surface area contributed by atoms with Gasteiger partial charge in [0.2, 0.25) is 0 Å². The first-order valence-electron chi connectivity index (χ1n) is 3.25. The molecule has 6 heteroatoms. The lowest BCUT2D eigenvalue weighted by atomic mass is 10.2. The van der Waals surface area contributed by atoms with Gasteiger partial charge in [0.15, 0.2) is 0 Å². The number of ether oxygens (including phenoxy) is 1. The maximum atomic E-state index is 10.8. The van der Waals surface area contributed by atoms with Crippen LogP contribution in [-0.2, 0) is 4.74 Å². The van der Waals surface area contributed by atoms with Crippen LogP contribution in [0.4, 0.5) is 9.59 Å². The molecule has 0 aromatic carbocycles. The van der Waals surface area contributed by atoms with E-state index in [1.54, 1.807) is 20.8 Å². The van der Waals surface area contributed by atoms with Crippen LogP contribution in [0.2, 0.25) is 0 Å². The Morgan fingerprint density at radius 1 is 1.42 bits per heavy atom. The van der Waals surface area contributed by atoms with Crippen LogP contribution in [0.25, 0.3) is 0 Å². The Labute approximate surface area is 69.9 Å². The van der Waals surface area contributed by atoms with Crippen LogP contribution in [0.1, 0.15) is 20.8 Å². The highest BCUT2D eigenvalue weighted by Crippen LogP contribution is 2.08. The summed E-state index contributed by atoms with van der Waals surface area (Å²) in [5, 5.41) is 8.24. The van der Waals surface area contributed by atoms with Gasteiger partial charge in [-0.15, -0.1) is 5.01 Å². The Balaban J connectivity index is 4.15. The van der Waals surface area contributed by atoms with Gasteiger partial charge in [-0.05, 0) is 20.8 Å². The molecule has 0 aliphatic carbocycles. The number of imide groups is 1. The molecule has 0 aliphatic heterocycles. The second-order valence-corrected chi connectivity index (χ2v) is 3.13. The fourth-order valence-electron chi connectivity index (χ4n) is 0.389.